The van der Waals surface area contributed by atoms with Crippen molar-refractivity contribution in [3.8, 4) is 0 Å². The van der Waals surface area contributed by atoms with Gasteiger partial charge >= 0.3 is 0 Å². The van der Waals surface area contributed by atoms with Crippen LogP contribution in [0.25, 0.3) is 0 Å². The molecule has 0 bridgehead atoms. The van der Waals surface area contributed by atoms with E-state index in [9.17, 15) is 4.79 Å². The van der Waals surface area contributed by atoms with Crippen LogP contribution in [0.15, 0.2) is 23.1 Å². The maximum atomic E-state index is 12.5. The maximum Gasteiger partial charge on any atom is 0.267 e. The summed E-state index contributed by atoms with van der Waals surface area (Å²) in [6.07, 6.45) is 2.63. The van der Waals surface area contributed by atoms with Crippen LogP contribution in [0.5, 0.6) is 0 Å². The van der Waals surface area contributed by atoms with Crippen LogP contribution in [-0.2, 0) is 16.9 Å². The number of nitrogens with zero attached hydrogens (tertiary/aromatic N) is 4. The Labute approximate surface area is 143 Å². The van der Waals surface area contributed by atoms with Crippen LogP contribution >= 0.6 is 11.8 Å². The zero-order valence-corrected chi connectivity index (χ0v) is 14.3. The van der Waals surface area contributed by atoms with Gasteiger partial charge in [0.05, 0.1) is 24.9 Å². The topological polar surface area (TPSA) is 81.9 Å². The van der Waals surface area contributed by atoms with Crippen molar-refractivity contribution in [2.24, 2.45) is 0 Å². The van der Waals surface area contributed by atoms with Gasteiger partial charge in [0.2, 0.25) is 5.95 Å². The standard InChI is InChI=1S/C16H19N5O2S/c1-10-2-4-17-16(18-10)19-13-7-23-8-14(13)21-15(22)6-11-9-24-5-3-12(11)20-21/h2,4,6,13-14H,3,5,7-9H2,1H3,(H,17,18,19). The zero-order valence-electron chi connectivity index (χ0n) is 13.4. The molecule has 1 N–H and O–H groups in total. The fourth-order valence-corrected chi connectivity index (χ4v) is 4.02. The molecule has 0 aliphatic carbocycles. The molecule has 1 fully saturated rings. The highest BCUT2D eigenvalue weighted by Crippen LogP contribution is 2.24. The van der Waals surface area contributed by atoms with Gasteiger partial charge in [-0.05, 0) is 24.3 Å². The highest BCUT2D eigenvalue weighted by molar-refractivity contribution is 7.98. The molecule has 1 saturated heterocycles. The monoisotopic (exact) mass is 345 g/mol. The average molecular weight is 345 g/mol. The van der Waals surface area contributed by atoms with E-state index < -0.39 is 0 Å². The van der Waals surface area contributed by atoms with Crippen molar-refractivity contribution in [2.45, 2.75) is 31.2 Å². The Balaban J connectivity index is 1.62. The van der Waals surface area contributed by atoms with E-state index >= 15 is 0 Å². The lowest BCUT2D eigenvalue weighted by Crippen LogP contribution is -2.38. The molecule has 7 nitrogen and oxygen atoms in total. The van der Waals surface area contributed by atoms with Gasteiger partial charge in [0.15, 0.2) is 0 Å². The van der Waals surface area contributed by atoms with Gasteiger partial charge in [0.1, 0.15) is 6.04 Å². The van der Waals surface area contributed by atoms with Crippen molar-refractivity contribution in [2.75, 3.05) is 24.3 Å². The molecule has 2 aromatic heterocycles. The molecule has 8 heteroatoms. The lowest BCUT2D eigenvalue weighted by Gasteiger charge is -2.22. The number of thioether (sulfide) groups is 1. The van der Waals surface area contributed by atoms with Gasteiger partial charge in [-0.2, -0.15) is 16.9 Å². The van der Waals surface area contributed by atoms with E-state index in [1.54, 1.807) is 16.9 Å². The van der Waals surface area contributed by atoms with E-state index in [0.717, 1.165) is 34.9 Å². The van der Waals surface area contributed by atoms with Crippen LogP contribution in [0, 0.1) is 6.92 Å². The summed E-state index contributed by atoms with van der Waals surface area (Å²) in [5, 5.41) is 7.92. The first-order valence-electron chi connectivity index (χ1n) is 8.04. The van der Waals surface area contributed by atoms with Gasteiger partial charge in [-0.25, -0.2) is 14.6 Å². The molecule has 2 aliphatic rings. The Morgan fingerprint density at radius 1 is 1.42 bits per heavy atom. The molecule has 4 rings (SSSR count). The minimum absolute atomic E-state index is 0.0660. The Morgan fingerprint density at radius 2 is 2.33 bits per heavy atom. The van der Waals surface area contributed by atoms with E-state index in [2.05, 4.69) is 20.4 Å². The summed E-state index contributed by atoms with van der Waals surface area (Å²) in [5.41, 5.74) is 2.93. The zero-order chi connectivity index (χ0) is 16.5. The highest BCUT2D eigenvalue weighted by atomic mass is 32.2. The molecule has 0 amide bonds. The van der Waals surface area contributed by atoms with Crippen LogP contribution in [0.4, 0.5) is 5.95 Å². The smallest absolute Gasteiger partial charge is 0.267 e. The third-order valence-electron chi connectivity index (χ3n) is 4.34. The molecular formula is C16H19N5O2S. The summed E-state index contributed by atoms with van der Waals surface area (Å²) in [7, 11) is 0. The first kappa shape index (κ1) is 15.6. The summed E-state index contributed by atoms with van der Waals surface area (Å²) in [6, 6.07) is 3.35. The molecule has 24 heavy (non-hydrogen) atoms. The van der Waals surface area contributed by atoms with Crippen molar-refractivity contribution in [3.63, 3.8) is 0 Å². The minimum atomic E-state index is -0.151. The number of ether oxygens (including phenoxy) is 1. The van der Waals surface area contributed by atoms with Crippen LogP contribution in [-0.4, -0.2) is 44.8 Å². The lowest BCUT2D eigenvalue weighted by atomic mass is 10.1. The molecule has 2 unspecified atom stereocenters. The minimum Gasteiger partial charge on any atom is -0.377 e. The van der Waals surface area contributed by atoms with Crippen molar-refractivity contribution in [1.29, 1.82) is 0 Å². The fraction of sp³-hybridized carbons (Fsp3) is 0.500. The van der Waals surface area contributed by atoms with Crippen LogP contribution < -0.4 is 10.9 Å². The number of nitrogens with one attached hydrogen (secondary N) is 1. The average Bonchev–Trinajstić information content (AvgIpc) is 3.02. The Hall–Kier alpha value is -1.93. The number of anilines is 1. The molecule has 0 aromatic carbocycles. The summed E-state index contributed by atoms with van der Waals surface area (Å²) in [4.78, 5) is 21.1. The van der Waals surface area contributed by atoms with Gasteiger partial charge in [0, 0.05) is 30.1 Å². The van der Waals surface area contributed by atoms with Crippen molar-refractivity contribution in [1.82, 2.24) is 19.7 Å². The second-order valence-electron chi connectivity index (χ2n) is 6.08. The first-order valence-corrected chi connectivity index (χ1v) is 9.19. The van der Waals surface area contributed by atoms with Crippen LogP contribution in [0.2, 0.25) is 0 Å². The lowest BCUT2D eigenvalue weighted by molar-refractivity contribution is 0.182. The van der Waals surface area contributed by atoms with E-state index in [4.69, 9.17) is 4.74 Å². The van der Waals surface area contributed by atoms with E-state index in [-0.39, 0.29) is 17.6 Å². The molecule has 2 aliphatic heterocycles. The first-order chi connectivity index (χ1) is 11.7. The normalized spacial score (nSPS) is 23.0. The van der Waals surface area contributed by atoms with Crippen molar-refractivity contribution in [3.05, 3.63) is 45.6 Å². The van der Waals surface area contributed by atoms with Crippen molar-refractivity contribution < 1.29 is 4.74 Å². The second-order valence-corrected chi connectivity index (χ2v) is 7.18. The largest absolute Gasteiger partial charge is 0.377 e. The Bertz CT molecular complexity index is 809. The SMILES string of the molecule is Cc1ccnc(NC2COCC2n2nc3c(cc2=O)CSCC3)n1. The van der Waals surface area contributed by atoms with Gasteiger partial charge in [-0.1, -0.05) is 0 Å². The summed E-state index contributed by atoms with van der Waals surface area (Å²) >= 11 is 1.85. The molecule has 126 valence electrons. The molecule has 4 heterocycles. The van der Waals surface area contributed by atoms with E-state index in [0.29, 0.717) is 19.2 Å². The predicted molar refractivity (Wildman–Crippen MR) is 92.4 cm³/mol. The number of hydrogen-bond acceptors (Lipinski definition) is 7. The molecule has 0 radical (unpaired) electrons. The number of rotatable bonds is 3. The number of fused-ring (bicyclic) bond motifs is 1. The van der Waals surface area contributed by atoms with Gasteiger partial charge in [-0.15, -0.1) is 0 Å². The maximum absolute atomic E-state index is 12.5. The summed E-state index contributed by atoms with van der Waals surface area (Å²) in [5.74, 6) is 2.48. The van der Waals surface area contributed by atoms with Crippen LogP contribution in [0.1, 0.15) is 23.0 Å². The van der Waals surface area contributed by atoms with Crippen molar-refractivity contribution >= 4 is 17.7 Å². The summed E-state index contributed by atoms with van der Waals surface area (Å²) in [6.45, 7) is 2.88. The number of aryl methyl sites for hydroxylation is 2. The van der Waals surface area contributed by atoms with Crippen LogP contribution in [0.3, 0.4) is 0 Å². The number of aromatic nitrogens is 4. The molecule has 0 spiro atoms. The molecule has 2 aromatic rings. The fourth-order valence-electron chi connectivity index (χ4n) is 3.07. The quantitative estimate of drug-likeness (QED) is 0.894. The van der Waals surface area contributed by atoms with Gasteiger partial charge in [0.25, 0.3) is 5.56 Å². The number of hydrogen-bond donors (Lipinski definition) is 1. The second kappa shape index (κ2) is 6.52. The molecule has 0 saturated carbocycles. The Morgan fingerprint density at radius 3 is 3.21 bits per heavy atom. The predicted octanol–water partition coefficient (Wildman–Crippen LogP) is 1.18. The van der Waals surface area contributed by atoms with E-state index in [1.807, 2.05) is 24.8 Å². The van der Waals surface area contributed by atoms with Gasteiger partial charge < -0.3 is 10.1 Å². The molecule has 2 atom stereocenters. The third-order valence-corrected chi connectivity index (χ3v) is 5.35. The van der Waals surface area contributed by atoms with E-state index in [1.165, 1.54) is 0 Å². The molecular weight excluding hydrogens is 326 g/mol. The Kier molecular flexibility index (Phi) is 4.24. The highest BCUT2D eigenvalue weighted by Gasteiger charge is 2.32. The van der Waals surface area contributed by atoms with Gasteiger partial charge in [-0.3, -0.25) is 4.79 Å². The summed E-state index contributed by atoms with van der Waals surface area (Å²) < 4.78 is 7.18. The third kappa shape index (κ3) is 3.03.